The van der Waals surface area contributed by atoms with E-state index in [0.717, 1.165) is 22.6 Å². The van der Waals surface area contributed by atoms with Crippen LogP contribution in [0.1, 0.15) is 17.5 Å². The van der Waals surface area contributed by atoms with Crippen LogP contribution in [0.4, 0.5) is 0 Å². The van der Waals surface area contributed by atoms with Crippen LogP contribution in [0.25, 0.3) is 0 Å². The van der Waals surface area contributed by atoms with Crippen LogP contribution in [0.2, 0.25) is 0 Å². The number of amides is 1. The van der Waals surface area contributed by atoms with Crippen molar-refractivity contribution >= 4 is 17.7 Å². The van der Waals surface area contributed by atoms with Crippen LogP contribution >= 0.6 is 11.8 Å². The van der Waals surface area contributed by atoms with Crippen molar-refractivity contribution in [1.29, 1.82) is 0 Å². The summed E-state index contributed by atoms with van der Waals surface area (Å²) in [5.74, 6) is 1.65. The third kappa shape index (κ3) is 6.26. The largest absolute Gasteiger partial charge is 0.489 e. The standard InChI is InChI=1S/C19H24N2O2S/c1-24-12-11-18(20)19(22)21-13-15-7-9-16(10-8-15)14-23-17-5-3-2-4-6-17/h2-10,18H,11-14,20H2,1H3,(H,21,22)/t18-/m0/s1. The Morgan fingerprint density at radius 1 is 1.12 bits per heavy atom. The summed E-state index contributed by atoms with van der Waals surface area (Å²) in [5.41, 5.74) is 7.98. The SMILES string of the molecule is CSCC[C@H](N)C(=O)NCc1ccc(COc2ccccc2)cc1. The zero-order valence-electron chi connectivity index (χ0n) is 13.9. The minimum absolute atomic E-state index is 0.0967. The molecule has 128 valence electrons. The van der Waals surface area contributed by atoms with E-state index in [0.29, 0.717) is 19.6 Å². The van der Waals surface area contributed by atoms with E-state index in [1.165, 1.54) is 0 Å². The van der Waals surface area contributed by atoms with Crippen molar-refractivity contribution < 1.29 is 9.53 Å². The highest BCUT2D eigenvalue weighted by molar-refractivity contribution is 7.98. The van der Waals surface area contributed by atoms with Crippen LogP contribution in [-0.4, -0.2) is 24.0 Å². The minimum Gasteiger partial charge on any atom is -0.489 e. The second-order valence-corrected chi connectivity index (χ2v) is 6.51. The molecule has 2 rings (SSSR count). The summed E-state index contributed by atoms with van der Waals surface area (Å²) in [4.78, 5) is 11.9. The molecule has 5 heteroatoms. The van der Waals surface area contributed by atoms with Crippen molar-refractivity contribution in [3.05, 3.63) is 65.7 Å². The van der Waals surface area contributed by atoms with Gasteiger partial charge in [-0.05, 0) is 41.7 Å². The molecule has 0 fully saturated rings. The molecular weight excluding hydrogens is 320 g/mol. The molecule has 0 aliphatic carbocycles. The molecule has 0 saturated heterocycles. The fraction of sp³-hybridized carbons (Fsp3) is 0.316. The van der Waals surface area contributed by atoms with Gasteiger partial charge in [0, 0.05) is 6.54 Å². The first-order valence-corrected chi connectivity index (χ1v) is 9.36. The third-order valence-corrected chi connectivity index (χ3v) is 4.25. The number of thioether (sulfide) groups is 1. The molecule has 0 spiro atoms. The fourth-order valence-corrected chi connectivity index (χ4v) is 2.62. The molecule has 0 aliphatic heterocycles. The third-order valence-electron chi connectivity index (χ3n) is 3.61. The number of hydrogen-bond acceptors (Lipinski definition) is 4. The predicted molar refractivity (Wildman–Crippen MR) is 100 cm³/mol. The van der Waals surface area contributed by atoms with E-state index in [2.05, 4.69) is 5.32 Å². The molecule has 1 atom stereocenters. The van der Waals surface area contributed by atoms with Crippen molar-refractivity contribution in [3.8, 4) is 5.75 Å². The van der Waals surface area contributed by atoms with E-state index in [1.807, 2.05) is 60.9 Å². The number of benzene rings is 2. The molecular formula is C19H24N2O2S. The molecule has 3 N–H and O–H groups in total. The second kappa shape index (κ2) is 10.0. The molecule has 1 amide bonds. The Morgan fingerprint density at radius 3 is 2.46 bits per heavy atom. The van der Waals surface area contributed by atoms with E-state index < -0.39 is 6.04 Å². The highest BCUT2D eigenvalue weighted by atomic mass is 32.2. The van der Waals surface area contributed by atoms with Gasteiger partial charge in [0.05, 0.1) is 6.04 Å². The van der Waals surface area contributed by atoms with Crippen molar-refractivity contribution in [1.82, 2.24) is 5.32 Å². The lowest BCUT2D eigenvalue weighted by Gasteiger charge is -2.12. The zero-order chi connectivity index (χ0) is 17.2. The lowest BCUT2D eigenvalue weighted by atomic mass is 10.1. The first kappa shape index (κ1) is 18.4. The topological polar surface area (TPSA) is 64.4 Å². The second-order valence-electron chi connectivity index (χ2n) is 5.52. The maximum Gasteiger partial charge on any atom is 0.237 e. The highest BCUT2D eigenvalue weighted by Gasteiger charge is 2.12. The van der Waals surface area contributed by atoms with Crippen LogP contribution in [0.15, 0.2) is 54.6 Å². The van der Waals surface area contributed by atoms with E-state index in [4.69, 9.17) is 10.5 Å². The van der Waals surface area contributed by atoms with Gasteiger partial charge in [-0.25, -0.2) is 0 Å². The van der Waals surface area contributed by atoms with Crippen LogP contribution in [0, 0.1) is 0 Å². The quantitative estimate of drug-likeness (QED) is 0.734. The molecule has 2 aromatic carbocycles. The van der Waals surface area contributed by atoms with Gasteiger partial charge in [-0.1, -0.05) is 42.5 Å². The molecule has 24 heavy (non-hydrogen) atoms. The minimum atomic E-state index is -0.434. The number of ether oxygens (including phenoxy) is 1. The lowest BCUT2D eigenvalue weighted by molar-refractivity contribution is -0.122. The van der Waals surface area contributed by atoms with Crippen molar-refractivity contribution in [2.45, 2.75) is 25.6 Å². The molecule has 0 aromatic heterocycles. The summed E-state index contributed by atoms with van der Waals surface area (Å²) in [6.45, 7) is 1.02. The normalized spacial score (nSPS) is 11.8. The molecule has 0 heterocycles. The summed E-state index contributed by atoms with van der Waals surface area (Å²) in [6, 6.07) is 17.3. The molecule has 2 aromatic rings. The predicted octanol–water partition coefficient (Wildman–Crippen LogP) is 2.96. The summed E-state index contributed by atoms with van der Waals surface area (Å²) in [6.07, 6.45) is 2.70. The van der Waals surface area contributed by atoms with Crippen LogP contribution in [0.3, 0.4) is 0 Å². The average Bonchev–Trinajstić information content (AvgIpc) is 2.64. The Balaban J connectivity index is 1.76. The van der Waals surface area contributed by atoms with Gasteiger partial charge >= 0.3 is 0 Å². The molecule has 0 bridgehead atoms. The zero-order valence-corrected chi connectivity index (χ0v) is 14.7. The number of nitrogens with two attached hydrogens (primary N) is 1. The first-order chi connectivity index (χ1) is 11.7. The summed E-state index contributed by atoms with van der Waals surface area (Å²) >= 11 is 1.69. The molecule has 0 aliphatic rings. The van der Waals surface area contributed by atoms with Gasteiger partial charge in [-0.3, -0.25) is 4.79 Å². The fourth-order valence-electron chi connectivity index (χ4n) is 2.13. The van der Waals surface area contributed by atoms with Crippen LogP contribution in [-0.2, 0) is 17.9 Å². The van der Waals surface area contributed by atoms with Crippen molar-refractivity contribution in [2.24, 2.45) is 5.73 Å². The Kier molecular flexibility index (Phi) is 7.65. The highest BCUT2D eigenvalue weighted by Crippen LogP contribution is 2.12. The maximum atomic E-state index is 11.9. The maximum absolute atomic E-state index is 11.9. The van der Waals surface area contributed by atoms with Gasteiger partial charge in [0.15, 0.2) is 0 Å². The Bertz CT molecular complexity index is 617. The number of carbonyl (C=O) groups is 1. The molecule has 0 saturated carbocycles. The lowest BCUT2D eigenvalue weighted by Crippen LogP contribution is -2.40. The molecule has 0 radical (unpaired) electrons. The first-order valence-electron chi connectivity index (χ1n) is 7.97. The number of hydrogen-bond donors (Lipinski definition) is 2. The van der Waals surface area contributed by atoms with E-state index in [9.17, 15) is 4.79 Å². The van der Waals surface area contributed by atoms with Crippen molar-refractivity contribution in [3.63, 3.8) is 0 Å². The molecule has 0 unspecified atom stereocenters. The van der Waals surface area contributed by atoms with Gasteiger partial charge in [0.2, 0.25) is 5.91 Å². The molecule has 4 nitrogen and oxygen atoms in total. The summed E-state index contributed by atoms with van der Waals surface area (Å²) < 4.78 is 5.71. The Hall–Kier alpha value is -1.98. The monoisotopic (exact) mass is 344 g/mol. The van der Waals surface area contributed by atoms with Gasteiger partial charge in [-0.15, -0.1) is 0 Å². The van der Waals surface area contributed by atoms with E-state index in [1.54, 1.807) is 11.8 Å². The van der Waals surface area contributed by atoms with Crippen molar-refractivity contribution in [2.75, 3.05) is 12.0 Å². The van der Waals surface area contributed by atoms with Gasteiger partial charge in [-0.2, -0.15) is 11.8 Å². The average molecular weight is 344 g/mol. The number of nitrogens with one attached hydrogen (secondary N) is 1. The van der Waals surface area contributed by atoms with Crippen LogP contribution < -0.4 is 15.8 Å². The smallest absolute Gasteiger partial charge is 0.237 e. The Labute approximate surface area is 147 Å². The van der Waals surface area contributed by atoms with Gasteiger partial charge in [0.25, 0.3) is 0 Å². The number of para-hydroxylation sites is 1. The van der Waals surface area contributed by atoms with E-state index in [-0.39, 0.29) is 5.91 Å². The summed E-state index contributed by atoms with van der Waals surface area (Å²) in [5, 5.41) is 2.88. The number of carbonyl (C=O) groups excluding carboxylic acids is 1. The van der Waals surface area contributed by atoms with Crippen LogP contribution in [0.5, 0.6) is 5.75 Å². The van der Waals surface area contributed by atoms with Gasteiger partial charge < -0.3 is 15.8 Å². The van der Waals surface area contributed by atoms with E-state index >= 15 is 0 Å². The summed E-state index contributed by atoms with van der Waals surface area (Å²) in [7, 11) is 0. The van der Waals surface area contributed by atoms with Gasteiger partial charge in [0.1, 0.15) is 12.4 Å². The number of rotatable bonds is 9. The Morgan fingerprint density at radius 2 is 1.79 bits per heavy atom.